The molecule has 3 fully saturated rings. The highest BCUT2D eigenvalue weighted by molar-refractivity contribution is 4.89. The average Bonchev–Trinajstić information content (AvgIpc) is 2.68. The monoisotopic (exact) mass is 382 g/mol. The van der Waals surface area contributed by atoms with Crippen LogP contribution in [0.5, 0.6) is 0 Å². The number of rotatable bonds is 7. The quantitative estimate of drug-likeness (QED) is 0.409. The molecule has 3 aliphatic carbocycles. The van der Waals surface area contributed by atoms with Crippen LogP contribution in [0.15, 0.2) is 12.2 Å². The maximum atomic E-state index is 14.8. The highest BCUT2D eigenvalue weighted by Crippen LogP contribution is 2.47. The van der Waals surface area contributed by atoms with E-state index in [4.69, 9.17) is 4.74 Å². The molecule has 27 heavy (non-hydrogen) atoms. The number of halogens is 2. The number of hydrogen-bond donors (Lipinski definition) is 0. The van der Waals surface area contributed by atoms with Gasteiger partial charge in [0.2, 0.25) is 0 Å². The molecule has 3 aliphatic rings. The third kappa shape index (κ3) is 5.78. The second-order valence-electron chi connectivity index (χ2n) is 9.59. The molecular formula is C24H40F2O. The summed E-state index contributed by atoms with van der Waals surface area (Å²) in [7, 11) is 0. The summed E-state index contributed by atoms with van der Waals surface area (Å²) < 4.78 is 35.0. The molecule has 0 bridgehead atoms. The van der Waals surface area contributed by atoms with Crippen molar-refractivity contribution >= 4 is 0 Å². The summed E-state index contributed by atoms with van der Waals surface area (Å²) in [5.74, 6) is 2.31. The van der Waals surface area contributed by atoms with Crippen LogP contribution in [-0.4, -0.2) is 12.2 Å². The topological polar surface area (TPSA) is 9.23 Å². The molecule has 0 N–H and O–H groups in total. The molecule has 0 aromatic carbocycles. The molecule has 3 heteroatoms. The number of fused-ring (bicyclic) bond motifs is 1. The fourth-order valence-electron chi connectivity index (χ4n) is 6.04. The van der Waals surface area contributed by atoms with Gasteiger partial charge in [0.25, 0.3) is 0 Å². The fourth-order valence-corrected chi connectivity index (χ4v) is 6.04. The zero-order chi connectivity index (χ0) is 19.3. The number of hydrogen-bond acceptors (Lipinski definition) is 1. The van der Waals surface area contributed by atoms with Crippen LogP contribution in [-0.2, 0) is 4.74 Å². The van der Waals surface area contributed by atoms with E-state index in [9.17, 15) is 8.78 Å². The maximum absolute atomic E-state index is 14.8. The maximum Gasteiger partial charge on any atom is 0.358 e. The number of ether oxygens (including phenoxy) is 1. The summed E-state index contributed by atoms with van der Waals surface area (Å²) in [6.07, 6.45) is 14.7. The van der Waals surface area contributed by atoms with Gasteiger partial charge in [0, 0.05) is 0 Å². The minimum atomic E-state index is -2.92. The van der Waals surface area contributed by atoms with Gasteiger partial charge in [-0.25, -0.2) is 0 Å². The molecule has 0 heterocycles. The van der Waals surface area contributed by atoms with Crippen LogP contribution in [0, 0.1) is 29.6 Å². The Bertz CT molecular complexity index is 467. The van der Waals surface area contributed by atoms with Crippen molar-refractivity contribution in [2.75, 3.05) is 0 Å². The lowest BCUT2D eigenvalue weighted by molar-refractivity contribution is -0.304. The van der Waals surface area contributed by atoms with Gasteiger partial charge in [-0.2, -0.15) is 8.78 Å². The first-order valence-electron chi connectivity index (χ1n) is 11.7. The van der Waals surface area contributed by atoms with Crippen LogP contribution in [0.2, 0.25) is 0 Å². The molecule has 4 atom stereocenters. The minimum absolute atomic E-state index is 0.218. The highest BCUT2D eigenvalue weighted by atomic mass is 19.3. The smallest absolute Gasteiger partial charge is 0.317 e. The van der Waals surface area contributed by atoms with Gasteiger partial charge in [-0.1, -0.05) is 31.9 Å². The molecule has 3 saturated carbocycles. The first kappa shape index (κ1) is 21.3. The van der Waals surface area contributed by atoms with E-state index in [1.54, 1.807) is 0 Å². The lowest BCUT2D eigenvalue weighted by Crippen LogP contribution is -2.41. The van der Waals surface area contributed by atoms with Gasteiger partial charge < -0.3 is 4.74 Å². The third-order valence-corrected chi connectivity index (χ3v) is 7.87. The lowest BCUT2D eigenvalue weighted by Gasteiger charge is -2.43. The Morgan fingerprint density at radius 2 is 1.56 bits per heavy atom. The Balaban J connectivity index is 1.44. The predicted octanol–water partition coefficient (Wildman–Crippen LogP) is 7.75. The van der Waals surface area contributed by atoms with E-state index in [2.05, 4.69) is 26.0 Å². The summed E-state index contributed by atoms with van der Waals surface area (Å²) in [5.41, 5.74) is 0. The molecule has 1 nitrogen and oxygen atoms in total. The van der Waals surface area contributed by atoms with Crippen molar-refractivity contribution in [3.05, 3.63) is 12.2 Å². The molecule has 0 radical (unpaired) electrons. The standard InChI is InChI=1S/C24H40F2O/c1-3-5-6-7-19-8-11-21-17-23(15-12-20(21)16-19)27-24(25,26)22-13-9-18(4-2)10-14-22/h3,5,18-23H,4,6-17H2,1-2H3/b5-3+. The van der Waals surface area contributed by atoms with Crippen molar-refractivity contribution in [2.45, 2.75) is 110 Å². The van der Waals surface area contributed by atoms with Crippen molar-refractivity contribution < 1.29 is 13.5 Å². The van der Waals surface area contributed by atoms with Crippen LogP contribution in [0.4, 0.5) is 8.78 Å². The van der Waals surface area contributed by atoms with E-state index in [-0.39, 0.29) is 6.10 Å². The molecule has 0 aromatic heterocycles. The molecule has 3 rings (SSSR count). The Morgan fingerprint density at radius 1 is 0.889 bits per heavy atom. The zero-order valence-corrected chi connectivity index (χ0v) is 17.5. The van der Waals surface area contributed by atoms with Crippen molar-refractivity contribution in [1.29, 1.82) is 0 Å². The van der Waals surface area contributed by atoms with Crippen LogP contribution in [0.25, 0.3) is 0 Å². The third-order valence-electron chi connectivity index (χ3n) is 7.87. The zero-order valence-electron chi connectivity index (χ0n) is 17.5. The molecular weight excluding hydrogens is 342 g/mol. The van der Waals surface area contributed by atoms with E-state index in [0.29, 0.717) is 24.7 Å². The summed E-state index contributed by atoms with van der Waals surface area (Å²) in [5, 5.41) is 0. The summed E-state index contributed by atoms with van der Waals surface area (Å²) >= 11 is 0. The average molecular weight is 383 g/mol. The van der Waals surface area contributed by atoms with Crippen molar-refractivity contribution in [3.63, 3.8) is 0 Å². The molecule has 0 aliphatic heterocycles. The van der Waals surface area contributed by atoms with E-state index in [0.717, 1.165) is 50.4 Å². The number of allylic oxidation sites excluding steroid dienone is 2. The fraction of sp³-hybridized carbons (Fsp3) is 0.917. The van der Waals surface area contributed by atoms with E-state index in [1.165, 1.54) is 32.1 Å². The van der Waals surface area contributed by atoms with Crippen LogP contribution in [0.3, 0.4) is 0 Å². The van der Waals surface area contributed by atoms with E-state index < -0.39 is 12.0 Å². The number of alkyl halides is 2. The van der Waals surface area contributed by atoms with Gasteiger partial charge in [0.1, 0.15) is 0 Å². The van der Waals surface area contributed by atoms with Gasteiger partial charge in [0.05, 0.1) is 12.0 Å². The van der Waals surface area contributed by atoms with Gasteiger partial charge in [-0.15, -0.1) is 0 Å². The van der Waals surface area contributed by atoms with Gasteiger partial charge in [0.15, 0.2) is 0 Å². The second kappa shape index (κ2) is 9.85. The van der Waals surface area contributed by atoms with Crippen LogP contribution < -0.4 is 0 Å². The minimum Gasteiger partial charge on any atom is -0.317 e. The molecule has 0 aromatic rings. The Hall–Kier alpha value is -0.440. The molecule has 0 amide bonds. The van der Waals surface area contributed by atoms with Crippen molar-refractivity contribution in [1.82, 2.24) is 0 Å². The van der Waals surface area contributed by atoms with Crippen LogP contribution in [0.1, 0.15) is 97.3 Å². The first-order chi connectivity index (χ1) is 13.0. The molecule has 4 unspecified atom stereocenters. The Morgan fingerprint density at radius 3 is 2.26 bits per heavy atom. The van der Waals surface area contributed by atoms with Crippen molar-refractivity contribution in [3.8, 4) is 0 Å². The van der Waals surface area contributed by atoms with Gasteiger partial charge >= 0.3 is 6.11 Å². The lowest BCUT2D eigenvalue weighted by atomic mass is 9.66. The molecule has 0 saturated heterocycles. The van der Waals surface area contributed by atoms with E-state index >= 15 is 0 Å². The summed E-state index contributed by atoms with van der Waals surface area (Å²) in [6.45, 7) is 4.26. The van der Waals surface area contributed by atoms with Gasteiger partial charge in [-0.05, 0) is 101 Å². The Labute approximate surface area is 165 Å². The largest absolute Gasteiger partial charge is 0.358 e. The van der Waals surface area contributed by atoms with Crippen LogP contribution >= 0.6 is 0 Å². The van der Waals surface area contributed by atoms with Gasteiger partial charge in [-0.3, -0.25) is 0 Å². The second-order valence-corrected chi connectivity index (χ2v) is 9.59. The van der Waals surface area contributed by atoms with Crippen molar-refractivity contribution in [2.24, 2.45) is 29.6 Å². The highest BCUT2D eigenvalue weighted by Gasteiger charge is 2.46. The Kier molecular flexibility index (Phi) is 7.76. The first-order valence-corrected chi connectivity index (χ1v) is 11.7. The van der Waals surface area contributed by atoms with E-state index in [1.807, 2.05) is 0 Å². The predicted molar refractivity (Wildman–Crippen MR) is 108 cm³/mol. The molecule has 156 valence electrons. The SMILES string of the molecule is C/C=C/CCC1CCC2CC(OC(F)(F)C3CCC(CC)CC3)CCC2C1. The summed E-state index contributed by atoms with van der Waals surface area (Å²) in [4.78, 5) is 0. The summed E-state index contributed by atoms with van der Waals surface area (Å²) in [6, 6.07) is 0. The molecule has 0 spiro atoms. The normalized spacial score (nSPS) is 38.1.